The highest BCUT2D eigenvalue weighted by Gasteiger charge is 2.19. The van der Waals surface area contributed by atoms with Gasteiger partial charge in [0.15, 0.2) is 0 Å². The summed E-state index contributed by atoms with van der Waals surface area (Å²) in [6.07, 6.45) is 42.8. The molecule has 1 rings (SSSR count). The van der Waals surface area contributed by atoms with Crippen LogP contribution in [0, 0.1) is 5.92 Å². The number of carbonyl (C=O) groups excluding carboxylic acids is 1. The fourth-order valence-electron chi connectivity index (χ4n) is 7.30. The lowest BCUT2D eigenvalue weighted by Gasteiger charge is -2.16. The molecule has 0 spiro atoms. The number of aliphatic carboxylic acids is 2. The van der Waals surface area contributed by atoms with Gasteiger partial charge in [-0.15, -0.1) is 0 Å². The van der Waals surface area contributed by atoms with Gasteiger partial charge >= 0.3 is 17.9 Å². The van der Waals surface area contributed by atoms with E-state index in [2.05, 4.69) is 13.8 Å². The highest BCUT2D eigenvalue weighted by atomic mass is 16.5. The highest BCUT2D eigenvalue weighted by molar-refractivity contribution is 5.72. The van der Waals surface area contributed by atoms with Crippen LogP contribution in [0.3, 0.4) is 0 Å². The second kappa shape index (κ2) is 42.8. The number of carboxylic acid groups (broad SMARTS) is 2. The molecule has 320 valence electrons. The molecule has 0 aromatic heterocycles. The molecule has 0 aliphatic rings. The summed E-state index contributed by atoms with van der Waals surface area (Å²) >= 11 is 0. The fourth-order valence-corrected chi connectivity index (χ4v) is 7.30. The molecule has 0 aliphatic heterocycles. The van der Waals surface area contributed by atoms with Gasteiger partial charge in [0, 0.05) is 12.8 Å². The average molecular weight is 773 g/mol. The first-order chi connectivity index (χ1) is 26.9. The van der Waals surface area contributed by atoms with Gasteiger partial charge in [0.2, 0.25) is 0 Å². The molecule has 0 amide bonds. The summed E-state index contributed by atoms with van der Waals surface area (Å²) in [5, 5.41) is 17.2. The topological polar surface area (TPSA) is 101 Å². The number of hydrogen-bond acceptors (Lipinski definition) is 4. The lowest BCUT2D eigenvalue weighted by Crippen LogP contribution is -2.18. The van der Waals surface area contributed by atoms with Crippen LogP contribution in [0.5, 0.6) is 0 Å². The second-order valence-electron chi connectivity index (χ2n) is 16.3. The maximum Gasteiger partial charge on any atom is 0.309 e. The van der Waals surface area contributed by atoms with Crippen LogP contribution in [0.1, 0.15) is 251 Å². The van der Waals surface area contributed by atoms with Crippen molar-refractivity contribution in [1.29, 1.82) is 0 Å². The fraction of sp³-hybridized carbons (Fsp3) is 0.816. The van der Waals surface area contributed by atoms with E-state index in [4.69, 9.17) is 14.9 Å². The number of carbonyl (C=O) groups is 3. The first-order valence-electron chi connectivity index (χ1n) is 23.5. The summed E-state index contributed by atoms with van der Waals surface area (Å²) in [4.78, 5) is 33.7. The van der Waals surface area contributed by atoms with Gasteiger partial charge in [-0.2, -0.15) is 0 Å². The predicted molar refractivity (Wildman–Crippen MR) is 233 cm³/mol. The van der Waals surface area contributed by atoms with Crippen molar-refractivity contribution in [2.75, 3.05) is 0 Å². The number of unbranched alkanes of at least 4 members (excludes halogenated alkanes) is 29. The third-order valence-corrected chi connectivity index (χ3v) is 10.9. The Morgan fingerprint density at radius 3 is 1.04 bits per heavy atom. The molecule has 0 saturated carbocycles. The Labute approximate surface area is 339 Å². The van der Waals surface area contributed by atoms with Crippen molar-refractivity contribution in [2.24, 2.45) is 5.92 Å². The van der Waals surface area contributed by atoms with Crippen LogP contribution in [0.2, 0.25) is 0 Å². The monoisotopic (exact) mass is 773 g/mol. The standard InChI is InChI=1S/C33H56O4.C16H32O2/c1-2-3-4-5-6-12-15-21-26-31(33(36)37-29-30-24-19-18-20-25-30)27-22-16-13-10-8-7-9-11-14-17-23-28-32(34)35;1-2-3-4-5-6-7-8-9-10-11-12-13-14-15-16(17)18/h18-20,24-25,31H,2-17,21-23,26-29H2,1H3,(H,34,35);2-15H2,1H3,(H,17,18). The third-order valence-electron chi connectivity index (χ3n) is 10.9. The zero-order chi connectivity index (χ0) is 40.3. The minimum atomic E-state index is -0.677. The first kappa shape index (κ1) is 52.6. The van der Waals surface area contributed by atoms with Crippen LogP contribution >= 0.6 is 0 Å². The molecule has 0 radical (unpaired) electrons. The van der Waals surface area contributed by atoms with E-state index < -0.39 is 11.9 Å². The SMILES string of the molecule is CCCCCCCCCCC(CCCCCCCCCCCCCC(=O)O)C(=O)OCc1ccccc1.CCCCCCCCCCCCCCCC(=O)O. The molecule has 1 aromatic carbocycles. The molecule has 2 N–H and O–H groups in total. The van der Waals surface area contributed by atoms with Crippen LogP contribution in [0.15, 0.2) is 30.3 Å². The lowest BCUT2D eigenvalue weighted by molar-refractivity contribution is -0.150. The lowest BCUT2D eigenvalue weighted by atomic mass is 9.94. The number of ether oxygens (including phenoxy) is 1. The molecule has 0 bridgehead atoms. The van der Waals surface area contributed by atoms with Gasteiger partial charge in [-0.05, 0) is 31.2 Å². The summed E-state index contributed by atoms with van der Waals surface area (Å²) in [7, 11) is 0. The minimum absolute atomic E-state index is 0.00449. The average Bonchev–Trinajstić information content (AvgIpc) is 3.18. The van der Waals surface area contributed by atoms with Crippen molar-refractivity contribution in [3.05, 3.63) is 35.9 Å². The van der Waals surface area contributed by atoms with Gasteiger partial charge in [-0.1, -0.05) is 237 Å². The van der Waals surface area contributed by atoms with E-state index in [1.807, 2.05) is 30.3 Å². The summed E-state index contributed by atoms with van der Waals surface area (Å²) < 4.78 is 5.71. The first-order valence-corrected chi connectivity index (χ1v) is 23.5. The Morgan fingerprint density at radius 2 is 0.727 bits per heavy atom. The molecule has 1 aromatic rings. The maximum atomic E-state index is 12.9. The van der Waals surface area contributed by atoms with Gasteiger partial charge in [-0.3, -0.25) is 14.4 Å². The van der Waals surface area contributed by atoms with E-state index in [-0.39, 0.29) is 11.9 Å². The van der Waals surface area contributed by atoms with Gasteiger partial charge in [0.05, 0.1) is 5.92 Å². The summed E-state index contributed by atoms with van der Waals surface area (Å²) in [6.45, 7) is 4.90. The number of esters is 1. The van der Waals surface area contributed by atoms with Crippen molar-refractivity contribution in [3.8, 4) is 0 Å². The highest BCUT2D eigenvalue weighted by Crippen LogP contribution is 2.22. The number of hydrogen-bond donors (Lipinski definition) is 2. The van der Waals surface area contributed by atoms with Crippen molar-refractivity contribution in [3.63, 3.8) is 0 Å². The number of benzene rings is 1. The van der Waals surface area contributed by atoms with E-state index in [1.54, 1.807) is 0 Å². The molecule has 0 saturated heterocycles. The molecule has 0 aliphatic carbocycles. The Balaban J connectivity index is 0.00000136. The smallest absolute Gasteiger partial charge is 0.309 e. The largest absolute Gasteiger partial charge is 0.481 e. The van der Waals surface area contributed by atoms with E-state index in [0.29, 0.717) is 19.4 Å². The van der Waals surface area contributed by atoms with Crippen LogP contribution in [0.4, 0.5) is 0 Å². The van der Waals surface area contributed by atoms with E-state index in [0.717, 1.165) is 63.4 Å². The quantitative estimate of drug-likeness (QED) is 0.0509. The Bertz CT molecular complexity index is 963. The van der Waals surface area contributed by atoms with Gasteiger partial charge in [0.1, 0.15) is 6.61 Å². The molecular formula is C49H88O6. The molecule has 1 atom stereocenters. The van der Waals surface area contributed by atoms with Crippen molar-refractivity contribution in [2.45, 2.75) is 252 Å². The van der Waals surface area contributed by atoms with Crippen LogP contribution in [0.25, 0.3) is 0 Å². The maximum absolute atomic E-state index is 12.9. The normalized spacial score (nSPS) is 11.5. The summed E-state index contributed by atoms with van der Waals surface area (Å²) in [6, 6.07) is 10.00. The van der Waals surface area contributed by atoms with E-state index in [1.165, 1.54) is 161 Å². The van der Waals surface area contributed by atoms with Gasteiger partial charge in [-0.25, -0.2) is 0 Å². The zero-order valence-corrected chi connectivity index (χ0v) is 36.2. The molecule has 1 unspecified atom stereocenters. The Kier molecular flexibility index (Phi) is 40.9. The number of rotatable bonds is 40. The number of carboxylic acids is 2. The van der Waals surface area contributed by atoms with E-state index >= 15 is 0 Å². The zero-order valence-electron chi connectivity index (χ0n) is 36.2. The van der Waals surface area contributed by atoms with Crippen LogP contribution < -0.4 is 0 Å². The van der Waals surface area contributed by atoms with Crippen molar-refractivity contribution < 1.29 is 29.3 Å². The third kappa shape index (κ3) is 41.1. The molecule has 0 heterocycles. The minimum Gasteiger partial charge on any atom is -0.481 e. The molecule has 6 nitrogen and oxygen atoms in total. The Morgan fingerprint density at radius 1 is 0.436 bits per heavy atom. The summed E-state index contributed by atoms with van der Waals surface area (Å²) in [5.74, 6) is -1.29. The molecule has 6 heteroatoms. The Hall–Kier alpha value is -2.37. The van der Waals surface area contributed by atoms with Gasteiger partial charge < -0.3 is 14.9 Å². The second-order valence-corrected chi connectivity index (χ2v) is 16.3. The van der Waals surface area contributed by atoms with Crippen LogP contribution in [-0.4, -0.2) is 28.1 Å². The summed E-state index contributed by atoms with van der Waals surface area (Å²) in [5.41, 5.74) is 1.06. The molecular weight excluding hydrogens is 685 g/mol. The van der Waals surface area contributed by atoms with E-state index in [9.17, 15) is 14.4 Å². The van der Waals surface area contributed by atoms with Crippen LogP contribution in [-0.2, 0) is 25.7 Å². The molecule has 55 heavy (non-hydrogen) atoms. The van der Waals surface area contributed by atoms with Crippen molar-refractivity contribution in [1.82, 2.24) is 0 Å². The van der Waals surface area contributed by atoms with Crippen molar-refractivity contribution >= 4 is 17.9 Å². The predicted octanol–water partition coefficient (Wildman–Crippen LogP) is 15.6. The molecule has 0 fully saturated rings. The van der Waals surface area contributed by atoms with Gasteiger partial charge in [0.25, 0.3) is 0 Å².